The minimum absolute atomic E-state index is 0.0481. The third-order valence-electron chi connectivity index (χ3n) is 4.24. The van der Waals surface area contributed by atoms with E-state index in [1.807, 2.05) is 48.0 Å². The molecule has 2 heterocycles. The van der Waals surface area contributed by atoms with E-state index >= 15 is 0 Å². The molecule has 1 amide bonds. The number of imidazole rings is 1. The number of carbonyl (C=O) groups is 1. The third-order valence-corrected chi connectivity index (χ3v) is 4.24. The van der Waals surface area contributed by atoms with Gasteiger partial charge in [-0.1, -0.05) is 19.9 Å². The van der Waals surface area contributed by atoms with Gasteiger partial charge in [-0.05, 0) is 55.2 Å². The predicted molar refractivity (Wildman–Crippen MR) is 102 cm³/mol. The van der Waals surface area contributed by atoms with Crippen LogP contribution in [0, 0.1) is 12.8 Å². The molecular formula is C21H25N3O2. The zero-order valence-electron chi connectivity index (χ0n) is 15.5. The summed E-state index contributed by atoms with van der Waals surface area (Å²) < 4.78 is 7.80. The Morgan fingerprint density at radius 1 is 1.23 bits per heavy atom. The van der Waals surface area contributed by atoms with Crippen LogP contribution in [0.1, 0.15) is 41.9 Å². The molecule has 0 aliphatic rings. The van der Waals surface area contributed by atoms with Crippen LogP contribution in [0.4, 0.5) is 0 Å². The lowest BCUT2D eigenvalue weighted by Gasteiger charge is -2.08. The minimum Gasteiger partial charge on any atom is -0.487 e. The second kappa shape index (κ2) is 8.04. The van der Waals surface area contributed by atoms with E-state index < -0.39 is 0 Å². The molecule has 0 spiro atoms. The van der Waals surface area contributed by atoms with Crippen molar-refractivity contribution in [3.8, 4) is 5.75 Å². The van der Waals surface area contributed by atoms with Crippen molar-refractivity contribution >= 4 is 11.6 Å². The minimum atomic E-state index is -0.0481. The normalized spacial score (nSPS) is 11.1. The van der Waals surface area contributed by atoms with Crippen LogP contribution >= 0.6 is 0 Å². The second-order valence-electron chi connectivity index (χ2n) is 6.91. The van der Waals surface area contributed by atoms with Crippen LogP contribution < -0.4 is 10.1 Å². The molecule has 26 heavy (non-hydrogen) atoms. The topological polar surface area (TPSA) is 55.6 Å². The first-order valence-electron chi connectivity index (χ1n) is 8.97. The van der Waals surface area contributed by atoms with E-state index in [0.29, 0.717) is 24.6 Å². The highest BCUT2D eigenvalue weighted by molar-refractivity contribution is 5.94. The molecule has 0 bridgehead atoms. The van der Waals surface area contributed by atoms with E-state index in [1.54, 1.807) is 12.1 Å². The molecule has 5 nitrogen and oxygen atoms in total. The maximum Gasteiger partial charge on any atom is 0.251 e. The van der Waals surface area contributed by atoms with Gasteiger partial charge in [-0.2, -0.15) is 0 Å². The van der Waals surface area contributed by atoms with Crippen LogP contribution in [0.2, 0.25) is 0 Å². The lowest BCUT2D eigenvalue weighted by Crippen LogP contribution is -2.25. The van der Waals surface area contributed by atoms with Crippen LogP contribution in [-0.4, -0.2) is 21.8 Å². The van der Waals surface area contributed by atoms with Crippen LogP contribution in [0.25, 0.3) is 5.65 Å². The maximum atomic E-state index is 12.1. The molecule has 0 atom stereocenters. The summed E-state index contributed by atoms with van der Waals surface area (Å²) in [4.78, 5) is 16.7. The standard InChI is InChI=1S/C21H25N3O2/c1-15(2)10-11-22-21(25)17-6-8-19(9-7-17)26-14-18-13-24-12-4-5-16(3)20(24)23-18/h4-9,12-13,15H,10-11,14H2,1-3H3,(H,22,25). The van der Waals surface area contributed by atoms with Crippen molar-refractivity contribution in [2.75, 3.05) is 6.54 Å². The lowest BCUT2D eigenvalue weighted by atomic mass is 10.1. The highest BCUT2D eigenvalue weighted by atomic mass is 16.5. The number of hydrogen-bond donors (Lipinski definition) is 1. The summed E-state index contributed by atoms with van der Waals surface area (Å²) in [5, 5.41) is 2.94. The molecule has 0 aliphatic carbocycles. The molecule has 0 saturated carbocycles. The Bertz CT molecular complexity index is 882. The second-order valence-corrected chi connectivity index (χ2v) is 6.91. The van der Waals surface area contributed by atoms with E-state index in [9.17, 15) is 4.79 Å². The number of rotatable bonds is 7. The first kappa shape index (κ1) is 18.0. The van der Waals surface area contributed by atoms with Gasteiger partial charge in [0.25, 0.3) is 5.91 Å². The summed E-state index contributed by atoms with van der Waals surface area (Å²) in [5.74, 6) is 1.25. The average molecular weight is 351 g/mol. The number of fused-ring (bicyclic) bond motifs is 1. The molecule has 3 rings (SSSR count). The summed E-state index contributed by atoms with van der Waals surface area (Å²) >= 11 is 0. The highest BCUT2D eigenvalue weighted by Gasteiger charge is 2.07. The number of amides is 1. The number of hydrogen-bond acceptors (Lipinski definition) is 3. The molecule has 1 N–H and O–H groups in total. The molecule has 3 aromatic rings. The molecule has 0 unspecified atom stereocenters. The number of ether oxygens (including phenoxy) is 1. The monoisotopic (exact) mass is 351 g/mol. The van der Waals surface area contributed by atoms with Gasteiger partial charge in [0, 0.05) is 24.5 Å². The number of nitrogens with zero attached hydrogens (tertiary/aromatic N) is 2. The molecule has 2 aromatic heterocycles. The van der Waals surface area contributed by atoms with Crippen LogP contribution in [0.3, 0.4) is 0 Å². The fourth-order valence-corrected chi connectivity index (χ4v) is 2.71. The molecule has 1 aromatic carbocycles. The Morgan fingerprint density at radius 2 is 2.00 bits per heavy atom. The Labute approximate surface area is 154 Å². The predicted octanol–water partition coefficient (Wildman–Crippen LogP) is 4.00. The van der Waals surface area contributed by atoms with Crippen molar-refractivity contribution in [2.24, 2.45) is 5.92 Å². The zero-order chi connectivity index (χ0) is 18.5. The van der Waals surface area contributed by atoms with Crippen molar-refractivity contribution in [1.29, 1.82) is 0 Å². The first-order valence-corrected chi connectivity index (χ1v) is 8.97. The smallest absolute Gasteiger partial charge is 0.251 e. The van der Waals surface area contributed by atoms with Crippen molar-refractivity contribution in [1.82, 2.24) is 14.7 Å². The number of aryl methyl sites for hydroxylation is 1. The Hall–Kier alpha value is -2.82. The van der Waals surface area contributed by atoms with E-state index in [2.05, 4.69) is 24.1 Å². The summed E-state index contributed by atoms with van der Waals surface area (Å²) in [6.07, 6.45) is 4.93. The molecule has 0 radical (unpaired) electrons. The Kier molecular flexibility index (Phi) is 5.56. The quantitative estimate of drug-likeness (QED) is 0.700. The zero-order valence-corrected chi connectivity index (χ0v) is 15.5. The van der Waals surface area contributed by atoms with Gasteiger partial charge in [-0.25, -0.2) is 4.98 Å². The van der Waals surface area contributed by atoms with Gasteiger partial charge in [-0.3, -0.25) is 4.79 Å². The lowest BCUT2D eigenvalue weighted by molar-refractivity contribution is 0.0952. The van der Waals surface area contributed by atoms with Crippen LogP contribution in [-0.2, 0) is 6.61 Å². The third kappa shape index (κ3) is 4.42. The molecule has 0 aliphatic heterocycles. The van der Waals surface area contributed by atoms with Crippen LogP contribution in [0.15, 0.2) is 48.8 Å². The molecule has 0 saturated heterocycles. The number of aromatic nitrogens is 2. The largest absolute Gasteiger partial charge is 0.487 e. The Morgan fingerprint density at radius 3 is 2.69 bits per heavy atom. The summed E-state index contributed by atoms with van der Waals surface area (Å²) in [7, 11) is 0. The van der Waals surface area contributed by atoms with Gasteiger partial charge in [0.2, 0.25) is 0 Å². The highest BCUT2D eigenvalue weighted by Crippen LogP contribution is 2.15. The van der Waals surface area contributed by atoms with Gasteiger partial charge < -0.3 is 14.5 Å². The molecule has 5 heteroatoms. The van der Waals surface area contributed by atoms with Gasteiger partial charge in [0.15, 0.2) is 0 Å². The van der Waals surface area contributed by atoms with E-state index in [0.717, 1.165) is 29.1 Å². The van der Waals surface area contributed by atoms with Gasteiger partial charge in [0.05, 0.1) is 5.69 Å². The summed E-state index contributed by atoms with van der Waals surface area (Å²) in [5.41, 5.74) is 3.59. The summed E-state index contributed by atoms with van der Waals surface area (Å²) in [6, 6.07) is 11.2. The fourth-order valence-electron chi connectivity index (χ4n) is 2.71. The number of benzene rings is 1. The van der Waals surface area contributed by atoms with E-state index in [4.69, 9.17) is 4.74 Å². The van der Waals surface area contributed by atoms with Crippen molar-refractivity contribution in [2.45, 2.75) is 33.8 Å². The molecular weight excluding hydrogens is 326 g/mol. The van der Waals surface area contributed by atoms with Crippen molar-refractivity contribution in [3.63, 3.8) is 0 Å². The summed E-state index contributed by atoms with van der Waals surface area (Å²) in [6.45, 7) is 7.41. The van der Waals surface area contributed by atoms with Crippen molar-refractivity contribution < 1.29 is 9.53 Å². The van der Waals surface area contributed by atoms with E-state index in [1.165, 1.54) is 0 Å². The van der Waals surface area contributed by atoms with Gasteiger partial charge >= 0.3 is 0 Å². The Balaban J connectivity index is 1.57. The number of nitrogens with one attached hydrogen (secondary N) is 1. The average Bonchev–Trinajstić information content (AvgIpc) is 3.04. The van der Waals surface area contributed by atoms with Crippen LogP contribution in [0.5, 0.6) is 5.75 Å². The SMILES string of the molecule is Cc1cccn2cc(COc3ccc(C(=O)NCCC(C)C)cc3)nc12. The molecule has 0 fully saturated rings. The fraction of sp³-hybridized carbons (Fsp3) is 0.333. The van der Waals surface area contributed by atoms with Crippen molar-refractivity contribution in [3.05, 3.63) is 65.6 Å². The number of carbonyl (C=O) groups excluding carboxylic acids is 1. The van der Waals surface area contributed by atoms with E-state index in [-0.39, 0.29) is 5.91 Å². The maximum absolute atomic E-state index is 12.1. The van der Waals surface area contributed by atoms with Gasteiger partial charge in [-0.15, -0.1) is 0 Å². The number of pyridine rings is 1. The van der Waals surface area contributed by atoms with Gasteiger partial charge in [0.1, 0.15) is 18.0 Å². The first-order chi connectivity index (χ1) is 12.5. The molecule has 136 valence electrons.